The summed E-state index contributed by atoms with van der Waals surface area (Å²) in [5, 5.41) is 12.9. The Labute approximate surface area is 111 Å². The number of nitrogens with zero attached hydrogens (tertiary/aromatic N) is 2. The summed E-state index contributed by atoms with van der Waals surface area (Å²) in [6, 6.07) is 7.65. The maximum atomic E-state index is 12.8. The highest BCUT2D eigenvalue weighted by Crippen LogP contribution is 2.14. The Balaban J connectivity index is 1.99. The number of hydrogen-bond acceptors (Lipinski definition) is 4. The zero-order valence-corrected chi connectivity index (χ0v) is 10.9. The van der Waals surface area contributed by atoms with E-state index in [0.717, 1.165) is 11.4 Å². The molecule has 0 saturated carbocycles. The molecule has 1 heterocycles. The smallest absolute Gasteiger partial charge is 0.223 e. The monoisotopic (exact) mass is 261 g/mol. The van der Waals surface area contributed by atoms with E-state index in [1.807, 2.05) is 19.9 Å². The third-order valence-corrected chi connectivity index (χ3v) is 2.69. The lowest BCUT2D eigenvalue weighted by molar-refractivity contribution is 0.191. The number of aliphatic hydroxyl groups excluding tert-OH is 1. The van der Waals surface area contributed by atoms with E-state index in [0.29, 0.717) is 11.5 Å². The molecule has 2 rings (SSSR count). The first kappa shape index (κ1) is 13.4. The summed E-state index contributed by atoms with van der Waals surface area (Å²) in [4.78, 5) is 8.44. The summed E-state index contributed by atoms with van der Waals surface area (Å²) in [5.74, 6) is 0.167. The van der Waals surface area contributed by atoms with Gasteiger partial charge in [0.05, 0.1) is 6.10 Å². The van der Waals surface area contributed by atoms with E-state index < -0.39 is 6.10 Å². The SMILES string of the molecule is Cc1cc(C)nc(NC[C@H](O)c2ccc(F)cc2)n1. The van der Waals surface area contributed by atoms with Crippen LogP contribution in [-0.4, -0.2) is 21.6 Å². The Morgan fingerprint density at radius 1 is 1.16 bits per heavy atom. The van der Waals surface area contributed by atoms with Crippen LogP contribution in [0.25, 0.3) is 0 Å². The molecule has 0 radical (unpaired) electrons. The van der Waals surface area contributed by atoms with Crippen LogP contribution >= 0.6 is 0 Å². The predicted molar refractivity (Wildman–Crippen MR) is 71.4 cm³/mol. The minimum Gasteiger partial charge on any atom is -0.387 e. The quantitative estimate of drug-likeness (QED) is 0.887. The van der Waals surface area contributed by atoms with Crippen molar-refractivity contribution in [1.29, 1.82) is 0 Å². The van der Waals surface area contributed by atoms with Gasteiger partial charge in [0.15, 0.2) is 0 Å². The minimum absolute atomic E-state index is 0.272. The molecule has 0 spiro atoms. The number of aliphatic hydroxyl groups is 1. The highest BCUT2D eigenvalue weighted by Gasteiger charge is 2.08. The minimum atomic E-state index is -0.731. The Morgan fingerprint density at radius 3 is 2.32 bits per heavy atom. The topological polar surface area (TPSA) is 58.0 Å². The third kappa shape index (κ3) is 3.72. The summed E-state index contributed by atoms with van der Waals surface area (Å²) in [6.45, 7) is 4.04. The van der Waals surface area contributed by atoms with Crippen molar-refractivity contribution in [1.82, 2.24) is 9.97 Å². The van der Waals surface area contributed by atoms with Crippen molar-refractivity contribution in [3.05, 3.63) is 53.1 Å². The number of halogens is 1. The lowest BCUT2D eigenvalue weighted by atomic mass is 10.1. The van der Waals surface area contributed by atoms with Gasteiger partial charge in [-0.1, -0.05) is 12.1 Å². The van der Waals surface area contributed by atoms with E-state index >= 15 is 0 Å². The highest BCUT2D eigenvalue weighted by atomic mass is 19.1. The second-order valence-corrected chi connectivity index (χ2v) is 4.42. The summed E-state index contributed by atoms with van der Waals surface area (Å²) in [6.07, 6.45) is -0.731. The van der Waals surface area contributed by atoms with Gasteiger partial charge in [-0.2, -0.15) is 0 Å². The molecule has 1 atom stereocenters. The van der Waals surface area contributed by atoms with Crippen LogP contribution in [0.2, 0.25) is 0 Å². The van der Waals surface area contributed by atoms with Gasteiger partial charge in [0.1, 0.15) is 5.82 Å². The van der Waals surface area contributed by atoms with Crippen molar-refractivity contribution in [2.24, 2.45) is 0 Å². The predicted octanol–water partition coefficient (Wildman–Crippen LogP) is 2.38. The molecule has 2 N–H and O–H groups in total. The molecule has 19 heavy (non-hydrogen) atoms. The molecule has 4 nitrogen and oxygen atoms in total. The van der Waals surface area contributed by atoms with E-state index in [1.54, 1.807) is 12.1 Å². The zero-order valence-electron chi connectivity index (χ0n) is 10.9. The average molecular weight is 261 g/mol. The maximum absolute atomic E-state index is 12.8. The van der Waals surface area contributed by atoms with Crippen LogP contribution in [0.15, 0.2) is 30.3 Å². The van der Waals surface area contributed by atoms with Crippen LogP contribution in [0.1, 0.15) is 23.1 Å². The molecular weight excluding hydrogens is 245 g/mol. The second kappa shape index (κ2) is 5.75. The molecule has 0 unspecified atom stereocenters. The van der Waals surface area contributed by atoms with Crippen LogP contribution in [-0.2, 0) is 0 Å². The number of aryl methyl sites for hydroxylation is 2. The van der Waals surface area contributed by atoms with Crippen molar-refractivity contribution in [2.75, 3.05) is 11.9 Å². The fraction of sp³-hybridized carbons (Fsp3) is 0.286. The number of nitrogens with one attached hydrogen (secondary N) is 1. The van der Waals surface area contributed by atoms with Crippen LogP contribution in [0.4, 0.5) is 10.3 Å². The van der Waals surface area contributed by atoms with Gasteiger partial charge in [-0.05, 0) is 37.6 Å². The van der Waals surface area contributed by atoms with Crippen LogP contribution in [0, 0.1) is 19.7 Å². The number of benzene rings is 1. The number of hydrogen-bond donors (Lipinski definition) is 2. The van der Waals surface area contributed by atoms with E-state index in [4.69, 9.17) is 0 Å². The zero-order chi connectivity index (χ0) is 13.8. The van der Waals surface area contributed by atoms with Crippen molar-refractivity contribution >= 4 is 5.95 Å². The molecule has 0 saturated heterocycles. The molecule has 0 aliphatic heterocycles. The third-order valence-electron chi connectivity index (χ3n) is 2.69. The number of aromatic nitrogens is 2. The van der Waals surface area contributed by atoms with E-state index in [9.17, 15) is 9.50 Å². The molecule has 2 aromatic rings. The van der Waals surface area contributed by atoms with Crippen molar-refractivity contribution < 1.29 is 9.50 Å². The first-order valence-corrected chi connectivity index (χ1v) is 6.04. The molecule has 0 aliphatic rings. The van der Waals surface area contributed by atoms with Gasteiger partial charge in [0.25, 0.3) is 0 Å². The fourth-order valence-electron chi connectivity index (χ4n) is 1.80. The summed E-state index contributed by atoms with van der Waals surface area (Å²) < 4.78 is 12.8. The summed E-state index contributed by atoms with van der Waals surface area (Å²) >= 11 is 0. The average Bonchev–Trinajstić information content (AvgIpc) is 2.36. The van der Waals surface area contributed by atoms with Gasteiger partial charge < -0.3 is 10.4 Å². The van der Waals surface area contributed by atoms with Gasteiger partial charge in [-0.25, -0.2) is 14.4 Å². The van der Waals surface area contributed by atoms with Crippen LogP contribution in [0.5, 0.6) is 0 Å². The van der Waals surface area contributed by atoms with Gasteiger partial charge >= 0.3 is 0 Å². The van der Waals surface area contributed by atoms with Crippen LogP contribution < -0.4 is 5.32 Å². The Morgan fingerprint density at radius 2 is 1.74 bits per heavy atom. The van der Waals surface area contributed by atoms with E-state index in [2.05, 4.69) is 15.3 Å². The number of rotatable bonds is 4. The van der Waals surface area contributed by atoms with E-state index in [-0.39, 0.29) is 12.4 Å². The summed E-state index contributed by atoms with van der Waals surface area (Å²) in [5.41, 5.74) is 2.39. The van der Waals surface area contributed by atoms with Gasteiger partial charge in [0, 0.05) is 17.9 Å². The second-order valence-electron chi connectivity index (χ2n) is 4.42. The normalized spacial score (nSPS) is 12.2. The van der Waals surface area contributed by atoms with Gasteiger partial charge in [0.2, 0.25) is 5.95 Å². The molecule has 1 aromatic heterocycles. The lowest BCUT2D eigenvalue weighted by Gasteiger charge is -2.12. The largest absolute Gasteiger partial charge is 0.387 e. The number of anilines is 1. The van der Waals surface area contributed by atoms with Gasteiger partial charge in [-0.15, -0.1) is 0 Å². The molecule has 0 aliphatic carbocycles. The Hall–Kier alpha value is -2.01. The molecule has 0 amide bonds. The molecule has 100 valence electrons. The van der Waals surface area contributed by atoms with E-state index in [1.165, 1.54) is 12.1 Å². The molecule has 5 heteroatoms. The highest BCUT2D eigenvalue weighted by molar-refractivity contribution is 5.29. The Bertz CT molecular complexity index is 537. The van der Waals surface area contributed by atoms with Gasteiger partial charge in [-0.3, -0.25) is 0 Å². The molecular formula is C14H16FN3O. The first-order chi connectivity index (χ1) is 9.04. The molecule has 1 aromatic carbocycles. The van der Waals surface area contributed by atoms with Crippen molar-refractivity contribution in [3.63, 3.8) is 0 Å². The van der Waals surface area contributed by atoms with Crippen molar-refractivity contribution in [2.45, 2.75) is 20.0 Å². The summed E-state index contributed by atoms with van der Waals surface area (Å²) in [7, 11) is 0. The fourth-order valence-corrected chi connectivity index (χ4v) is 1.80. The molecule has 0 fully saturated rings. The standard InChI is InChI=1S/C14H16FN3O/c1-9-7-10(2)18-14(17-9)16-8-13(19)11-3-5-12(15)6-4-11/h3-7,13,19H,8H2,1-2H3,(H,16,17,18)/t13-/m0/s1. The Kier molecular flexibility index (Phi) is 4.06. The van der Waals surface area contributed by atoms with Crippen LogP contribution in [0.3, 0.4) is 0 Å². The lowest BCUT2D eigenvalue weighted by Crippen LogP contribution is -2.14. The maximum Gasteiger partial charge on any atom is 0.223 e. The van der Waals surface area contributed by atoms with Crippen molar-refractivity contribution in [3.8, 4) is 0 Å². The first-order valence-electron chi connectivity index (χ1n) is 6.04. The molecule has 0 bridgehead atoms.